The predicted octanol–water partition coefficient (Wildman–Crippen LogP) is 1.27. The van der Waals surface area contributed by atoms with Gasteiger partial charge in [-0.3, -0.25) is 0 Å². The monoisotopic (exact) mass is 403 g/mol. The number of nitrogens with two attached hydrogens (primary N) is 1. The fourth-order valence-electron chi connectivity index (χ4n) is 2.44. The standard InChI is InChI=1S/C19H29N7O3/c1-5-6-15(20)13(3)23-17-12(2)18(25-19(21-4)24-17)29-11-14-9-16(26-22-10-14)28-8-7-27/h5,9-10,13,15,27H,1,6-8,11,20H2,2-4H3,(H2,21,23,24,25)/t13-,15?/m1/s1. The Morgan fingerprint density at radius 3 is 2.83 bits per heavy atom. The molecule has 0 bridgehead atoms. The lowest BCUT2D eigenvalue weighted by molar-refractivity contribution is 0.195. The van der Waals surface area contributed by atoms with Gasteiger partial charge in [-0.05, 0) is 20.3 Å². The average Bonchev–Trinajstić information content (AvgIpc) is 2.73. The van der Waals surface area contributed by atoms with Crippen molar-refractivity contribution in [1.29, 1.82) is 0 Å². The van der Waals surface area contributed by atoms with Crippen LogP contribution in [-0.2, 0) is 6.61 Å². The lowest BCUT2D eigenvalue weighted by Crippen LogP contribution is -2.38. The molecular formula is C19H29N7O3. The number of nitrogens with one attached hydrogen (secondary N) is 2. The summed E-state index contributed by atoms with van der Waals surface area (Å²) in [6.45, 7) is 7.87. The molecule has 2 aromatic rings. The zero-order valence-corrected chi connectivity index (χ0v) is 17.1. The van der Waals surface area contributed by atoms with E-state index in [1.54, 1.807) is 25.4 Å². The van der Waals surface area contributed by atoms with Crippen LogP contribution in [0.1, 0.15) is 24.5 Å². The fraction of sp³-hybridized carbons (Fsp3) is 0.474. The van der Waals surface area contributed by atoms with Crippen LogP contribution in [0, 0.1) is 6.92 Å². The van der Waals surface area contributed by atoms with E-state index in [-0.39, 0.29) is 31.9 Å². The van der Waals surface area contributed by atoms with Crippen molar-refractivity contribution in [2.45, 2.75) is 39.0 Å². The minimum Gasteiger partial charge on any atom is -0.474 e. The van der Waals surface area contributed by atoms with Crippen molar-refractivity contribution in [3.05, 3.63) is 36.0 Å². The molecule has 5 N–H and O–H groups in total. The largest absolute Gasteiger partial charge is 0.474 e. The smallest absolute Gasteiger partial charge is 0.233 e. The third-order valence-corrected chi connectivity index (χ3v) is 4.18. The number of anilines is 2. The fourth-order valence-corrected chi connectivity index (χ4v) is 2.44. The predicted molar refractivity (Wildman–Crippen MR) is 111 cm³/mol. The maximum atomic E-state index is 8.84. The Hall–Kier alpha value is -2.98. The summed E-state index contributed by atoms with van der Waals surface area (Å²) in [5.41, 5.74) is 7.67. The summed E-state index contributed by atoms with van der Waals surface area (Å²) in [6.07, 6.45) is 4.07. The first-order valence-corrected chi connectivity index (χ1v) is 9.36. The van der Waals surface area contributed by atoms with Crippen LogP contribution < -0.4 is 25.8 Å². The van der Waals surface area contributed by atoms with Gasteiger partial charge >= 0.3 is 0 Å². The van der Waals surface area contributed by atoms with Gasteiger partial charge in [-0.2, -0.15) is 15.1 Å². The maximum Gasteiger partial charge on any atom is 0.233 e. The maximum absolute atomic E-state index is 8.84. The highest BCUT2D eigenvalue weighted by molar-refractivity contribution is 5.53. The molecule has 0 saturated carbocycles. The summed E-state index contributed by atoms with van der Waals surface area (Å²) >= 11 is 0. The van der Waals surface area contributed by atoms with Crippen LogP contribution in [0.2, 0.25) is 0 Å². The lowest BCUT2D eigenvalue weighted by atomic mass is 10.1. The minimum atomic E-state index is -0.0972. The van der Waals surface area contributed by atoms with Gasteiger partial charge < -0.3 is 30.9 Å². The highest BCUT2D eigenvalue weighted by Crippen LogP contribution is 2.25. The number of aromatic nitrogens is 4. The summed E-state index contributed by atoms with van der Waals surface area (Å²) in [5.74, 6) is 1.83. The molecule has 0 aliphatic rings. The summed E-state index contributed by atoms with van der Waals surface area (Å²) in [4.78, 5) is 8.87. The molecule has 29 heavy (non-hydrogen) atoms. The first-order chi connectivity index (χ1) is 14.0. The van der Waals surface area contributed by atoms with Crippen LogP contribution in [0.25, 0.3) is 0 Å². The molecule has 0 aromatic carbocycles. The summed E-state index contributed by atoms with van der Waals surface area (Å²) in [7, 11) is 1.74. The Labute approximate surface area is 170 Å². The van der Waals surface area contributed by atoms with Gasteiger partial charge in [0.1, 0.15) is 19.0 Å². The molecule has 2 rings (SSSR count). The molecule has 0 aliphatic heterocycles. The Morgan fingerprint density at radius 2 is 2.14 bits per heavy atom. The van der Waals surface area contributed by atoms with Crippen LogP contribution in [-0.4, -0.2) is 57.6 Å². The highest BCUT2D eigenvalue weighted by atomic mass is 16.5. The average molecular weight is 403 g/mol. The number of rotatable bonds is 12. The van der Waals surface area contributed by atoms with Crippen molar-refractivity contribution >= 4 is 11.8 Å². The second kappa shape index (κ2) is 11.1. The van der Waals surface area contributed by atoms with Gasteiger partial charge in [-0.1, -0.05) is 6.08 Å². The first kappa shape index (κ1) is 22.3. The van der Waals surface area contributed by atoms with E-state index < -0.39 is 0 Å². The number of ether oxygens (including phenoxy) is 2. The molecule has 2 atom stereocenters. The van der Waals surface area contributed by atoms with Crippen LogP contribution >= 0.6 is 0 Å². The zero-order valence-electron chi connectivity index (χ0n) is 17.1. The number of aliphatic hydroxyl groups is 1. The minimum absolute atomic E-state index is 0.0187. The van der Waals surface area contributed by atoms with Crippen LogP contribution in [0.4, 0.5) is 11.8 Å². The van der Waals surface area contributed by atoms with E-state index >= 15 is 0 Å². The van der Waals surface area contributed by atoms with Crippen molar-refractivity contribution in [3.8, 4) is 11.8 Å². The number of hydrogen-bond acceptors (Lipinski definition) is 10. The lowest BCUT2D eigenvalue weighted by Gasteiger charge is -2.22. The van der Waals surface area contributed by atoms with Gasteiger partial charge in [0.2, 0.25) is 17.7 Å². The SMILES string of the molecule is C=CCC(N)[C@@H](C)Nc1nc(NC)nc(OCc2cnnc(OCCO)c2)c1C. The molecule has 2 aromatic heterocycles. The van der Waals surface area contributed by atoms with Crippen molar-refractivity contribution in [2.24, 2.45) is 5.73 Å². The van der Waals surface area contributed by atoms with E-state index in [2.05, 4.69) is 37.4 Å². The van der Waals surface area contributed by atoms with E-state index in [0.717, 1.165) is 11.1 Å². The van der Waals surface area contributed by atoms with Crippen molar-refractivity contribution < 1.29 is 14.6 Å². The normalized spacial score (nSPS) is 12.7. The van der Waals surface area contributed by atoms with Crippen LogP contribution in [0.3, 0.4) is 0 Å². The van der Waals surface area contributed by atoms with Gasteiger partial charge in [0.05, 0.1) is 18.4 Å². The number of hydrogen-bond donors (Lipinski definition) is 4. The summed E-state index contributed by atoms with van der Waals surface area (Å²) in [5, 5.41) is 22.8. The first-order valence-electron chi connectivity index (χ1n) is 9.36. The van der Waals surface area contributed by atoms with Crippen LogP contribution in [0.5, 0.6) is 11.8 Å². The van der Waals surface area contributed by atoms with E-state index in [1.807, 2.05) is 13.8 Å². The Bertz CT molecular complexity index is 803. The van der Waals surface area contributed by atoms with Gasteiger partial charge in [-0.25, -0.2) is 0 Å². The summed E-state index contributed by atoms with van der Waals surface area (Å²) in [6, 6.07) is 1.59. The summed E-state index contributed by atoms with van der Waals surface area (Å²) < 4.78 is 11.2. The van der Waals surface area contributed by atoms with E-state index in [0.29, 0.717) is 29.9 Å². The Kier molecular flexibility index (Phi) is 8.56. The molecule has 0 radical (unpaired) electrons. The Morgan fingerprint density at radius 1 is 1.34 bits per heavy atom. The van der Waals surface area contributed by atoms with E-state index in [9.17, 15) is 0 Å². The highest BCUT2D eigenvalue weighted by Gasteiger charge is 2.17. The molecule has 0 saturated heterocycles. The zero-order chi connectivity index (χ0) is 21.2. The molecule has 0 amide bonds. The molecule has 158 valence electrons. The number of aliphatic hydroxyl groups excluding tert-OH is 1. The van der Waals surface area contributed by atoms with Crippen molar-refractivity contribution in [2.75, 3.05) is 30.9 Å². The molecule has 0 spiro atoms. The number of nitrogens with zero attached hydrogens (tertiary/aromatic N) is 4. The molecule has 1 unspecified atom stereocenters. The molecule has 0 fully saturated rings. The second-order valence-electron chi connectivity index (χ2n) is 6.46. The van der Waals surface area contributed by atoms with Gasteiger partial charge in [0.25, 0.3) is 0 Å². The third-order valence-electron chi connectivity index (χ3n) is 4.18. The molecule has 2 heterocycles. The third kappa shape index (κ3) is 6.54. The van der Waals surface area contributed by atoms with Gasteiger partial charge in [0.15, 0.2) is 0 Å². The van der Waals surface area contributed by atoms with Gasteiger partial charge in [-0.15, -0.1) is 11.7 Å². The van der Waals surface area contributed by atoms with Crippen LogP contribution in [0.15, 0.2) is 24.9 Å². The quantitative estimate of drug-likeness (QED) is 0.383. The molecule has 0 aliphatic carbocycles. The molecule has 10 heteroatoms. The Balaban J connectivity index is 2.15. The van der Waals surface area contributed by atoms with E-state index in [4.69, 9.17) is 20.3 Å². The van der Waals surface area contributed by atoms with Gasteiger partial charge in [0, 0.05) is 30.8 Å². The molecular weight excluding hydrogens is 374 g/mol. The molecule has 10 nitrogen and oxygen atoms in total. The van der Waals surface area contributed by atoms with Crippen molar-refractivity contribution in [1.82, 2.24) is 20.2 Å². The van der Waals surface area contributed by atoms with Crippen molar-refractivity contribution in [3.63, 3.8) is 0 Å². The van der Waals surface area contributed by atoms with E-state index in [1.165, 1.54) is 0 Å². The topological polar surface area (TPSA) is 140 Å². The second-order valence-corrected chi connectivity index (χ2v) is 6.46.